The smallest absolute Gasteiger partial charge is 0.184 e. The van der Waals surface area contributed by atoms with Crippen LogP contribution in [0.2, 0.25) is 0 Å². The van der Waals surface area contributed by atoms with E-state index in [2.05, 4.69) is 34.6 Å². The second kappa shape index (κ2) is 5.41. The van der Waals surface area contributed by atoms with Gasteiger partial charge < -0.3 is 5.32 Å². The molecule has 1 aliphatic carbocycles. The van der Waals surface area contributed by atoms with Gasteiger partial charge in [0.25, 0.3) is 0 Å². The number of nitrogens with one attached hydrogen (secondary N) is 1. The molecule has 96 valence electrons. The highest BCUT2D eigenvalue weighted by molar-refractivity contribution is 7.16. The average molecular weight is 269 g/mol. The summed E-state index contributed by atoms with van der Waals surface area (Å²) in [7, 11) is 0. The Morgan fingerprint density at radius 2 is 2.11 bits per heavy atom. The van der Waals surface area contributed by atoms with Crippen molar-refractivity contribution in [2.75, 3.05) is 5.32 Å². The first-order valence-electron chi connectivity index (χ1n) is 6.55. The number of thiazole rings is 1. The van der Waals surface area contributed by atoms with Gasteiger partial charge in [-0.3, -0.25) is 0 Å². The zero-order valence-electron chi connectivity index (χ0n) is 10.6. The fourth-order valence-electron chi connectivity index (χ4n) is 2.48. The molecule has 1 aromatic heterocycles. The molecule has 0 spiro atoms. The number of anilines is 1. The first kappa shape index (κ1) is 12.2. The van der Waals surface area contributed by atoms with Gasteiger partial charge in [-0.15, -0.1) is 0 Å². The molecule has 0 radical (unpaired) electrons. The van der Waals surface area contributed by atoms with Crippen molar-refractivity contribution in [3.63, 3.8) is 0 Å². The lowest BCUT2D eigenvalue weighted by Crippen LogP contribution is -2.05. The van der Waals surface area contributed by atoms with Gasteiger partial charge in [-0.25, -0.2) is 4.98 Å². The van der Waals surface area contributed by atoms with Crippen LogP contribution in [0.5, 0.6) is 0 Å². The van der Waals surface area contributed by atoms with Gasteiger partial charge in [-0.05, 0) is 42.4 Å². The first-order valence-corrected chi connectivity index (χ1v) is 7.37. The minimum atomic E-state index is 0.646. The maximum Gasteiger partial charge on any atom is 0.184 e. The summed E-state index contributed by atoms with van der Waals surface area (Å²) in [6, 6.07) is 8.86. The van der Waals surface area contributed by atoms with E-state index in [0.29, 0.717) is 4.88 Å². The summed E-state index contributed by atoms with van der Waals surface area (Å²) >= 11 is 1.40. The minimum Gasteiger partial charge on any atom is -0.357 e. The predicted octanol–water partition coefficient (Wildman–Crippen LogP) is 3.51. The summed E-state index contributed by atoms with van der Waals surface area (Å²) < 4.78 is 0. The number of hydrogen-bond acceptors (Lipinski definition) is 4. The standard InChI is InChI=1S/C15H15N3S/c16-8-14-10-18-15(19-14)17-9-11-5-6-12-3-1-2-4-13(12)7-11/h5-7,10H,1-4,9H2,(H,17,18). The largest absolute Gasteiger partial charge is 0.357 e. The fourth-order valence-corrected chi connectivity index (χ4v) is 3.09. The van der Waals surface area contributed by atoms with Crippen LogP contribution in [0.15, 0.2) is 24.4 Å². The van der Waals surface area contributed by atoms with Gasteiger partial charge in [-0.1, -0.05) is 29.5 Å². The number of benzene rings is 1. The number of aromatic nitrogens is 1. The Balaban J connectivity index is 1.68. The number of fused-ring (bicyclic) bond motifs is 1. The normalized spacial score (nSPS) is 13.6. The lowest BCUT2D eigenvalue weighted by molar-refractivity contribution is 0.684. The van der Waals surface area contributed by atoms with Crippen LogP contribution >= 0.6 is 11.3 Å². The zero-order chi connectivity index (χ0) is 13.1. The van der Waals surface area contributed by atoms with Crippen molar-refractivity contribution in [1.29, 1.82) is 5.26 Å². The monoisotopic (exact) mass is 269 g/mol. The van der Waals surface area contributed by atoms with Gasteiger partial charge in [0.2, 0.25) is 0 Å². The highest BCUT2D eigenvalue weighted by Crippen LogP contribution is 2.23. The van der Waals surface area contributed by atoms with Crippen molar-refractivity contribution < 1.29 is 0 Å². The molecule has 0 saturated carbocycles. The SMILES string of the molecule is N#Cc1cnc(NCc2ccc3c(c2)CCCC3)s1. The average Bonchev–Trinajstić information content (AvgIpc) is 2.93. The molecule has 0 saturated heterocycles. The van der Waals surface area contributed by atoms with E-state index in [1.165, 1.54) is 53.7 Å². The highest BCUT2D eigenvalue weighted by Gasteiger charge is 2.09. The molecule has 1 aromatic carbocycles. The van der Waals surface area contributed by atoms with E-state index in [1.54, 1.807) is 6.20 Å². The fraction of sp³-hybridized carbons (Fsp3) is 0.333. The van der Waals surface area contributed by atoms with Crippen LogP contribution < -0.4 is 5.32 Å². The molecule has 1 N–H and O–H groups in total. The van der Waals surface area contributed by atoms with Crippen LogP contribution in [0.4, 0.5) is 5.13 Å². The Labute approximate surface area is 116 Å². The quantitative estimate of drug-likeness (QED) is 0.927. The first-order chi connectivity index (χ1) is 9.35. The van der Waals surface area contributed by atoms with E-state index >= 15 is 0 Å². The van der Waals surface area contributed by atoms with E-state index in [-0.39, 0.29) is 0 Å². The topological polar surface area (TPSA) is 48.7 Å². The highest BCUT2D eigenvalue weighted by atomic mass is 32.1. The molecule has 0 fully saturated rings. The molecule has 0 bridgehead atoms. The van der Waals surface area contributed by atoms with Gasteiger partial charge in [0.15, 0.2) is 5.13 Å². The van der Waals surface area contributed by atoms with Crippen molar-refractivity contribution in [1.82, 2.24) is 4.98 Å². The van der Waals surface area contributed by atoms with Gasteiger partial charge in [0, 0.05) is 6.54 Å². The number of nitriles is 1. The van der Waals surface area contributed by atoms with E-state index in [1.807, 2.05) is 0 Å². The number of aryl methyl sites for hydroxylation is 2. The lowest BCUT2D eigenvalue weighted by atomic mass is 9.90. The summed E-state index contributed by atoms with van der Waals surface area (Å²) in [6.45, 7) is 0.770. The van der Waals surface area contributed by atoms with Gasteiger partial charge in [0.05, 0.1) is 6.20 Å². The molecule has 0 aliphatic heterocycles. The third kappa shape index (κ3) is 2.77. The molecule has 0 amide bonds. The molecule has 1 aliphatic rings. The number of nitrogens with zero attached hydrogens (tertiary/aromatic N) is 2. The second-order valence-corrected chi connectivity index (χ2v) is 5.84. The van der Waals surface area contributed by atoms with E-state index in [9.17, 15) is 0 Å². The number of hydrogen-bond donors (Lipinski definition) is 1. The summed E-state index contributed by atoms with van der Waals surface area (Å²) in [5.41, 5.74) is 4.30. The Hall–Kier alpha value is -1.86. The minimum absolute atomic E-state index is 0.646. The van der Waals surface area contributed by atoms with Crippen LogP contribution in [0.3, 0.4) is 0 Å². The molecule has 3 rings (SSSR count). The van der Waals surface area contributed by atoms with E-state index < -0.39 is 0 Å². The molecule has 19 heavy (non-hydrogen) atoms. The lowest BCUT2D eigenvalue weighted by Gasteiger charge is -2.16. The molecule has 4 heteroatoms. The van der Waals surface area contributed by atoms with Crippen LogP contribution in [0.1, 0.15) is 34.4 Å². The third-order valence-corrected chi connectivity index (χ3v) is 4.33. The molecular weight excluding hydrogens is 254 g/mol. The second-order valence-electron chi connectivity index (χ2n) is 4.81. The maximum atomic E-state index is 8.76. The van der Waals surface area contributed by atoms with Gasteiger partial charge in [-0.2, -0.15) is 5.26 Å². The Kier molecular flexibility index (Phi) is 3.47. The molecule has 1 heterocycles. The summed E-state index contributed by atoms with van der Waals surface area (Å²) in [4.78, 5) is 4.82. The molecule has 2 aromatic rings. The Morgan fingerprint density at radius 3 is 2.89 bits per heavy atom. The number of rotatable bonds is 3. The van der Waals surface area contributed by atoms with Crippen molar-refractivity contribution >= 4 is 16.5 Å². The van der Waals surface area contributed by atoms with Crippen molar-refractivity contribution in [2.24, 2.45) is 0 Å². The van der Waals surface area contributed by atoms with Crippen LogP contribution in [-0.2, 0) is 19.4 Å². The molecule has 0 atom stereocenters. The summed E-state index contributed by atoms with van der Waals surface area (Å²) in [5, 5.41) is 12.9. The molecule has 3 nitrogen and oxygen atoms in total. The predicted molar refractivity (Wildman–Crippen MR) is 77.2 cm³/mol. The summed E-state index contributed by atoms with van der Waals surface area (Å²) in [5.74, 6) is 0. The van der Waals surface area contributed by atoms with Crippen molar-refractivity contribution in [2.45, 2.75) is 32.2 Å². The van der Waals surface area contributed by atoms with E-state index in [4.69, 9.17) is 5.26 Å². The van der Waals surface area contributed by atoms with Gasteiger partial charge in [0.1, 0.15) is 10.9 Å². The van der Waals surface area contributed by atoms with Gasteiger partial charge >= 0.3 is 0 Å². The van der Waals surface area contributed by atoms with Crippen molar-refractivity contribution in [3.05, 3.63) is 46.0 Å². The molecular formula is C15H15N3S. The summed E-state index contributed by atoms with van der Waals surface area (Å²) in [6.07, 6.45) is 6.67. The van der Waals surface area contributed by atoms with E-state index in [0.717, 1.165) is 11.7 Å². The molecule has 0 unspecified atom stereocenters. The van der Waals surface area contributed by atoms with Crippen LogP contribution in [-0.4, -0.2) is 4.98 Å². The van der Waals surface area contributed by atoms with Crippen LogP contribution in [0.25, 0.3) is 0 Å². The third-order valence-electron chi connectivity index (χ3n) is 3.47. The van der Waals surface area contributed by atoms with Crippen molar-refractivity contribution in [3.8, 4) is 6.07 Å². The Bertz CT molecular complexity index is 625. The maximum absolute atomic E-state index is 8.76. The zero-order valence-corrected chi connectivity index (χ0v) is 11.5. The Morgan fingerprint density at radius 1 is 1.26 bits per heavy atom. The van der Waals surface area contributed by atoms with Crippen LogP contribution in [0, 0.1) is 11.3 Å².